The van der Waals surface area contributed by atoms with Crippen LogP contribution in [0.25, 0.3) is 0 Å². The van der Waals surface area contributed by atoms with Crippen LogP contribution in [0.3, 0.4) is 0 Å². The number of anilines is 1. The minimum absolute atomic E-state index is 0.305. The van der Waals surface area contributed by atoms with E-state index < -0.39 is 23.2 Å². The van der Waals surface area contributed by atoms with Gasteiger partial charge in [-0.05, 0) is 29.5 Å². The van der Waals surface area contributed by atoms with Gasteiger partial charge in [0.1, 0.15) is 10.8 Å². The second-order valence-corrected chi connectivity index (χ2v) is 8.02. The van der Waals surface area contributed by atoms with Gasteiger partial charge in [-0.2, -0.15) is 0 Å². The molecule has 26 heavy (non-hydrogen) atoms. The van der Waals surface area contributed by atoms with Crippen molar-refractivity contribution in [2.45, 2.75) is 26.7 Å². The Morgan fingerprint density at radius 3 is 2.46 bits per heavy atom. The second kappa shape index (κ2) is 7.03. The summed E-state index contributed by atoms with van der Waals surface area (Å²) in [5.41, 5.74) is 0.633. The van der Waals surface area contributed by atoms with Crippen LogP contribution >= 0.6 is 11.3 Å². The number of methoxy groups -OCH3 is 1. The van der Waals surface area contributed by atoms with E-state index in [1.54, 1.807) is 21.0 Å². The number of carboxylic acids is 1. The number of aromatic nitrogens is 2. The quantitative estimate of drug-likeness (QED) is 0.771. The monoisotopic (exact) mass is 375 g/mol. The molecular formula is C18H21N3O4S. The van der Waals surface area contributed by atoms with Gasteiger partial charge in [-0.1, -0.05) is 37.3 Å². The molecule has 1 saturated carbocycles. The van der Waals surface area contributed by atoms with Crippen molar-refractivity contribution in [2.24, 2.45) is 17.3 Å². The Kier molecular flexibility index (Phi) is 4.95. The van der Waals surface area contributed by atoms with Crippen LogP contribution in [-0.4, -0.2) is 34.3 Å². The maximum atomic E-state index is 12.3. The first-order valence-electron chi connectivity index (χ1n) is 8.32. The maximum absolute atomic E-state index is 12.3. The van der Waals surface area contributed by atoms with Crippen molar-refractivity contribution in [3.8, 4) is 5.75 Å². The molecule has 0 saturated heterocycles. The summed E-state index contributed by atoms with van der Waals surface area (Å²) in [6.45, 7) is 3.58. The number of hydrogen-bond acceptors (Lipinski definition) is 6. The lowest BCUT2D eigenvalue weighted by atomic mass is 10.1. The van der Waals surface area contributed by atoms with E-state index in [4.69, 9.17) is 4.74 Å². The number of nitrogens with zero attached hydrogens (tertiary/aromatic N) is 2. The number of hydrogen-bond donors (Lipinski definition) is 2. The molecule has 7 nitrogen and oxygen atoms in total. The van der Waals surface area contributed by atoms with Crippen LogP contribution in [0.5, 0.6) is 5.75 Å². The fraction of sp³-hybridized carbons (Fsp3) is 0.444. The molecule has 1 aliphatic rings. The maximum Gasteiger partial charge on any atom is 0.307 e. The molecule has 0 bridgehead atoms. The molecule has 8 heteroatoms. The molecule has 0 spiro atoms. The first-order valence-corrected chi connectivity index (χ1v) is 9.13. The summed E-state index contributed by atoms with van der Waals surface area (Å²) < 4.78 is 5.14. The number of carbonyl (C=O) groups is 2. The van der Waals surface area contributed by atoms with E-state index >= 15 is 0 Å². The summed E-state index contributed by atoms with van der Waals surface area (Å²) in [7, 11) is 1.63. The van der Waals surface area contributed by atoms with Crippen LogP contribution in [0, 0.1) is 17.3 Å². The van der Waals surface area contributed by atoms with Crippen molar-refractivity contribution in [1.29, 1.82) is 0 Å². The smallest absolute Gasteiger partial charge is 0.307 e. The van der Waals surface area contributed by atoms with Crippen LogP contribution in [0.15, 0.2) is 24.3 Å². The highest BCUT2D eigenvalue weighted by Crippen LogP contribution is 2.58. The topological polar surface area (TPSA) is 101 Å². The predicted octanol–water partition coefficient (Wildman–Crippen LogP) is 2.63. The third kappa shape index (κ3) is 3.70. The molecule has 1 aromatic carbocycles. The van der Waals surface area contributed by atoms with Gasteiger partial charge in [0.2, 0.25) is 11.0 Å². The first-order chi connectivity index (χ1) is 12.3. The lowest BCUT2D eigenvalue weighted by Gasteiger charge is -2.02. The summed E-state index contributed by atoms with van der Waals surface area (Å²) in [6.07, 6.45) is 1.52. The van der Waals surface area contributed by atoms with Crippen LogP contribution in [0.1, 0.15) is 24.4 Å². The van der Waals surface area contributed by atoms with Gasteiger partial charge in [-0.25, -0.2) is 0 Å². The molecule has 2 N–H and O–H groups in total. The van der Waals surface area contributed by atoms with Gasteiger partial charge in [0.05, 0.1) is 18.9 Å². The lowest BCUT2D eigenvalue weighted by molar-refractivity contribution is -0.140. The molecule has 0 aliphatic heterocycles. The average molecular weight is 375 g/mol. The molecule has 138 valence electrons. The third-order valence-electron chi connectivity index (χ3n) is 4.86. The van der Waals surface area contributed by atoms with Crippen molar-refractivity contribution in [3.63, 3.8) is 0 Å². The highest BCUT2D eigenvalue weighted by molar-refractivity contribution is 7.15. The van der Waals surface area contributed by atoms with Gasteiger partial charge in [0, 0.05) is 6.42 Å². The van der Waals surface area contributed by atoms with Gasteiger partial charge >= 0.3 is 5.97 Å². The second-order valence-electron chi connectivity index (χ2n) is 6.95. The van der Waals surface area contributed by atoms with Crippen LogP contribution in [0.2, 0.25) is 0 Å². The third-order valence-corrected chi connectivity index (χ3v) is 5.76. The minimum Gasteiger partial charge on any atom is -0.497 e. The predicted molar refractivity (Wildman–Crippen MR) is 97.3 cm³/mol. The number of carboxylic acid groups (broad SMARTS) is 1. The van der Waals surface area contributed by atoms with E-state index in [1.807, 2.05) is 24.3 Å². The van der Waals surface area contributed by atoms with Gasteiger partial charge in [0.25, 0.3) is 0 Å². The Bertz CT molecular complexity index is 816. The van der Waals surface area contributed by atoms with Gasteiger partial charge < -0.3 is 15.2 Å². The molecule has 0 radical (unpaired) electrons. The molecule has 2 aromatic rings. The Morgan fingerprint density at radius 1 is 1.19 bits per heavy atom. The molecule has 1 fully saturated rings. The zero-order chi connectivity index (χ0) is 18.9. The molecule has 1 amide bonds. The average Bonchev–Trinajstić information content (AvgIpc) is 2.95. The standard InChI is InChI=1S/C18H21N3O4S/c1-18(2)13(14(18)16(23)24)15(22)19-17-21-20-12(26-17)9-6-10-4-7-11(25-3)8-5-10/h4-5,7-8,13-14H,6,9H2,1-3H3,(H,23,24)(H,19,21,22)/t13-,14+/m1/s1. The SMILES string of the molecule is COc1ccc(CCc2nnc(NC(=O)[C@H]3[C@@H](C(=O)O)C3(C)C)s2)cc1. The van der Waals surface area contributed by atoms with E-state index in [0.717, 1.165) is 22.7 Å². The Balaban J connectivity index is 1.55. The molecule has 2 atom stereocenters. The zero-order valence-electron chi connectivity index (χ0n) is 14.9. The van der Waals surface area contributed by atoms with E-state index in [-0.39, 0.29) is 5.91 Å². The Morgan fingerprint density at radius 2 is 1.88 bits per heavy atom. The molecule has 1 aliphatic carbocycles. The van der Waals surface area contributed by atoms with E-state index in [9.17, 15) is 14.7 Å². The minimum atomic E-state index is -0.937. The van der Waals surface area contributed by atoms with Crippen LogP contribution in [0.4, 0.5) is 5.13 Å². The normalized spacial score (nSPS) is 20.4. The number of ether oxygens (including phenoxy) is 1. The number of aliphatic carboxylic acids is 1. The summed E-state index contributed by atoms with van der Waals surface area (Å²) >= 11 is 1.32. The summed E-state index contributed by atoms with van der Waals surface area (Å²) in [5, 5.41) is 21.2. The number of carbonyl (C=O) groups excluding carboxylic acids is 1. The van der Waals surface area contributed by atoms with Crippen molar-refractivity contribution in [1.82, 2.24) is 10.2 Å². The van der Waals surface area contributed by atoms with Crippen molar-refractivity contribution >= 4 is 28.3 Å². The molecule has 1 aromatic heterocycles. The van der Waals surface area contributed by atoms with E-state index in [0.29, 0.717) is 11.6 Å². The number of benzene rings is 1. The summed E-state index contributed by atoms with van der Waals surface area (Å²) in [5.74, 6) is -1.61. The zero-order valence-corrected chi connectivity index (χ0v) is 15.7. The van der Waals surface area contributed by atoms with Gasteiger partial charge in [0.15, 0.2) is 0 Å². The van der Waals surface area contributed by atoms with Gasteiger partial charge in [-0.15, -0.1) is 10.2 Å². The summed E-state index contributed by atoms with van der Waals surface area (Å²) in [4.78, 5) is 23.5. The number of aryl methyl sites for hydroxylation is 2. The Labute approximate surface area is 155 Å². The van der Waals surface area contributed by atoms with Crippen LogP contribution < -0.4 is 10.1 Å². The highest BCUT2D eigenvalue weighted by atomic mass is 32.1. The fourth-order valence-electron chi connectivity index (χ4n) is 3.22. The van der Waals surface area contributed by atoms with Gasteiger partial charge in [-0.3, -0.25) is 9.59 Å². The molecular weight excluding hydrogens is 354 g/mol. The van der Waals surface area contributed by atoms with Crippen molar-refractivity contribution in [3.05, 3.63) is 34.8 Å². The fourth-order valence-corrected chi connectivity index (χ4v) is 3.96. The molecule has 0 unspecified atom stereocenters. The first kappa shape index (κ1) is 18.3. The number of nitrogens with one attached hydrogen (secondary N) is 1. The number of amides is 1. The molecule has 3 rings (SSSR count). The van der Waals surface area contributed by atoms with Crippen LogP contribution in [-0.2, 0) is 22.4 Å². The molecule has 1 heterocycles. The van der Waals surface area contributed by atoms with Crippen molar-refractivity contribution in [2.75, 3.05) is 12.4 Å². The lowest BCUT2D eigenvalue weighted by Crippen LogP contribution is -2.17. The number of rotatable bonds is 7. The largest absolute Gasteiger partial charge is 0.497 e. The highest BCUT2D eigenvalue weighted by Gasteiger charge is 2.66. The van der Waals surface area contributed by atoms with Crippen molar-refractivity contribution < 1.29 is 19.4 Å². The summed E-state index contributed by atoms with van der Waals surface area (Å²) in [6, 6.07) is 7.84. The van der Waals surface area contributed by atoms with E-state index in [1.165, 1.54) is 11.3 Å². The Hall–Kier alpha value is -2.48. The van der Waals surface area contributed by atoms with E-state index in [2.05, 4.69) is 15.5 Å².